The van der Waals surface area contributed by atoms with E-state index in [-0.39, 0.29) is 0 Å². The fourth-order valence-electron chi connectivity index (χ4n) is 1.57. The number of rotatable bonds is 3. The summed E-state index contributed by atoms with van der Waals surface area (Å²) in [4.78, 5) is 8.45. The Labute approximate surface area is 115 Å². The van der Waals surface area contributed by atoms with E-state index >= 15 is 0 Å². The summed E-state index contributed by atoms with van der Waals surface area (Å²) in [7, 11) is 0. The van der Waals surface area contributed by atoms with Crippen molar-refractivity contribution in [3.63, 3.8) is 0 Å². The number of benzene rings is 1. The smallest absolute Gasteiger partial charge is 0.125 e. The number of nitrogens with zero attached hydrogens (tertiary/aromatic N) is 2. The Kier molecular flexibility index (Phi) is 3.93. The minimum Gasteiger partial charge on any atom is -0.379 e. The Bertz CT molecular complexity index is 526. The van der Waals surface area contributed by atoms with Gasteiger partial charge in [-0.25, -0.2) is 9.97 Å². The minimum atomic E-state index is 0.726. The summed E-state index contributed by atoms with van der Waals surface area (Å²) in [5.41, 5.74) is 3.42. The van der Waals surface area contributed by atoms with Crippen LogP contribution in [0.1, 0.15) is 17.1 Å². The predicted molar refractivity (Wildman–Crippen MR) is 78.0 cm³/mol. The Morgan fingerprint density at radius 3 is 2.82 bits per heavy atom. The number of aromatic nitrogens is 2. The first-order chi connectivity index (χ1) is 8.15. The molecular weight excluding hydrogens is 325 g/mol. The summed E-state index contributed by atoms with van der Waals surface area (Å²) in [5, 5.41) is 3.40. The fourth-order valence-corrected chi connectivity index (χ4v) is 2.07. The SMILES string of the molecule is Cc1nccc(CNc2cc(I)ccc2C)n1. The standard InChI is InChI=1S/C13H14IN3/c1-9-3-4-11(14)7-13(9)16-8-12-5-6-15-10(2)17-12/h3-7,16H,8H2,1-2H3. The van der Waals surface area contributed by atoms with Crippen molar-refractivity contribution in [2.24, 2.45) is 0 Å². The van der Waals surface area contributed by atoms with E-state index < -0.39 is 0 Å². The molecule has 0 amide bonds. The lowest BCUT2D eigenvalue weighted by atomic mass is 10.2. The van der Waals surface area contributed by atoms with Gasteiger partial charge >= 0.3 is 0 Å². The molecule has 1 heterocycles. The van der Waals surface area contributed by atoms with Crippen LogP contribution in [0.5, 0.6) is 0 Å². The first-order valence-electron chi connectivity index (χ1n) is 5.44. The van der Waals surface area contributed by atoms with Gasteiger partial charge in [-0.2, -0.15) is 0 Å². The summed E-state index contributed by atoms with van der Waals surface area (Å²) in [6.07, 6.45) is 1.79. The third kappa shape index (κ3) is 3.39. The van der Waals surface area contributed by atoms with E-state index in [2.05, 4.69) is 63.0 Å². The van der Waals surface area contributed by atoms with Crippen LogP contribution in [-0.4, -0.2) is 9.97 Å². The second-order valence-corrected chi connectivity index (χ2v) is 5.15. The molecule has 3 nitrogen and oxygen atoms in total. The third-order valence-electron chi connectivity index (χ3n) is 2.49. The number of anilines is 1. The van der Waals surface area contributed by atoms with E-state index in [0.717, 1.165) is 23.8 Å². The van der Waals surface area contributed by atoms with Gasteiger partial charge in [-0.1, -0.05) is 6.07 Å². The summed E-state index contributed by atoms with van der Waals surface area (Å²) in [6.45, 7) is 4.73. The van der Waals surface area contributed by atoms with E-state index in [9.17, 15) is 0 Å². The van der Waals surface area contributed by atoms with Gasteiger partial charge in [0.05, 0.1) is 12.2 Å². The van der Waals surface area contributed by atoms with Crippen LogP contribution in [0.2, 0.25) is 0 Å². The summed E-state index contributed by atoms with van der Waals surface area (Å²) in [6, 6.07) is 8.30. The molecule has 1 N–H and O–H groups in total. The van der Waals surface area contributed by atoms with Crippen LogP contribution in [0.15, 0.2) is 30.5 Å². The average Bonchev–Trinajstić information content (AvgIpc) is 2.30. The Balaban J connectivity index is 2.09. The van der Waals surface area contributed by atoms with Crippen molar-refractivity contribution in [3.05, 3.63) is 51.1 Å². The van der Waals surface area contributed by atoms with Gasteiger partial charge in [0.1, 0.15) is 5.82 Å². The molecule has 0 bridgehead atoms. The first kappa shape index (κ1) is 12.3. The number of nitrogens with one attached hydrogen (secondary N) is 1. The molecule has 0 aliphatic heterocycles. The van der Waals surface area contributed by atoms with Gasteiger partial charge in [0.15, 0.2) is 0 Å². The number of halogens is 1. The molecule has 0 aliphatic rings. The highest BCUT2D eigenvalue weighted by molar-refractivity contribution is 14.1. The van der Waals surface area contributed by atoms with Gasteiger partial charge in [0.25, 0.3) is 0 Å². The molecule has 0 saturated carbocycles. The molecule has 0 fully saturated rings. The van der Waals surface area contributed by atoms with Crippen LogP contribution in [0.4, 0.5) is 5.69 Å². The molecule has 2 rings (SSSR count). The quantitative estimate of drug-likeness (QED) is 0.872. The van der Waals surface area contributed by atoms with Gasteiger partial charge in [0.2, 0.25) is 0 Å². The summed E-state index contributed by atoms with van der Waals surface area (Å²) < 4.78 is 1.23. The van der Waals surface area contributed by atoms with Crippen LogP contribution >= 0.6 is 22.6 Å². The van der Waals surface area contributed by atoms with Crippen molar-refractivity contribution in [1.29, 1.82) is 0 Å². The molecule has 88 valence electrons. The largest absolute Gasteiger partial charge is 0.379 e. The molecule has 1 aromatic heterocycles. The van der Waals surface area contributed by atoms with E-state index in [1.165, 1.54) is 9.13 Å². The van der Waals surface area contributed by atoms with Crippen molar-refractivity contribution in [2.45, 2.75) is 20.4 Å². The van der Waals surface area contributed by atoms with Gasteiger partial charge in [-0.05, 0) is 60.2 Å². The maximum atomic E-state index is 4.36. The van der Waals surface area contributed by atoms with Gasteiger partial charge in [-0.15, -0.1) is 0 Å². The zero-order valence-corrected chi connectivity index (χ0v) is 12.0. The number of hydrogen-bond acceptors (Lipinski definition) is 3. The van der Waals surface area contributed by atoms with Crippen LogP contribution < -0.4 is 5.32 Å². The molecule has 1 aromatic carbocycles. The molecule has 0 atom stereocenters. The average molecular weight is 339 g/mol. The van der Waals surface area contributed by atoms with E-state index in [0.29, 0.717) is 0 Å². The normalized spacial score (nSPS) is 10.3. The lowest BCUT2D eigenvalue weighted by Gasteiger charge is -2.09. The molecule has 0 aliphatic carbocycles. The Hall–Kier alpha value is -1.17. The van der Waals surface area contributed by atoms with Crippen molar-refractivity contribution in [1.82, 2.24) is 9.97 Å². The van der Waals surface area contributed by atoms with Gasteiger partial charge in [-0.3, -0.25) is 0 Å². The first-order valence-corrected chi connectivity index (χ1v) is 6.51. The zero-order chi connectivity index (χ0) is 12.3. The minimum absolute atomic E-state index is 0.726. The van der Waals surface area contributed by atoms with E-state index in [1.807, 2.05) is 13.0 Å². The number of aryl methyl sites for hydroxylation is 2. The lowest BCUT2D eigenvalue weighted by molar-refractivity contribution is 0.954. The fraction of sp³-hybridized carbons (Fsp3) is 0.231. The summed E-state index contributed by atoms with van der Waals surface area (Å²) in [5.74, 6) is 0.809. The highest BCUT2D eigenvalue weighted by atomic mass is 127. The maximum absolute atomic E-state index is 4.36. The summed E-state index contributed by atoms with van der Waals surface area (Å²) >= 11 is 2.32. The van der Waals surface area contributed by atoms with Gasteiger partial charge in [0, 0.05) is 15.5 Å². The number of hydrogen-bond donors (Lipinski definition) is 1. The van der Waals surface area contributed by atoms with Crippen LogP contribution in [-0.2, 0) is 6.54 Å². The lowest BCUT2D eigenvalue weighted by Crippen LogP contribution is -2.04. The van der Waals surface area contributed by atoms with Gasteiger partial charge < -0.3 is 5.32 Å². The van der Waals surface area contributed by atoms with Crippen molar-refractivity contribution >= 4 is 28.3 Å². The zero-order valence-electron chi connectivity index (χ0n) is 9.87. The molecule has 17 heavy (non-hydrogen) atoms. The second-order valence-electron chi connectivity index (χ2n) is 3.91. The molecule has 0 saturated heterocycles. The van der Waals surface area contributed by atoms with Crippen molar-refractivity contribution in [2.75, 3.05) is 5.32 Å². The second kappa shape index (κ2) is 5.44. The van der Waals surface area contributed by atoms with Crippen LogP contribution in [0.3, 0.4) is 0 Å². The van der Waals surface area contributed by atoms with Crippen LogP contribution in [0, 0.1) is 17.4 Å². The predicted octanol–water partition coefficient (Wildman–Crippen LogP) is 3.31. The molecule has 0 radical (unpaired) electrons. The molecular formula is C13H14IN3. The monoisotopic (exact) mass is 339 g/mol. The van der Waals surface area contributed by atoms with Crippen molar-refractivity contribution < 1.29 is 0 Å². The Morgan fingerprint density at radius 1 is 1.24 bits per heavy atom. The molecule has 0 unspecified atom stereocenters. The molecule has 2 aromatic rings. The molecule has 4 heteroatoms. The van der Waals surface area contributed by atoms with Crippen LogP contribution in [0.25, 0.3) is 0 Å². The topological polar surface area (TPSA) is 37.8 Å². The molecule has 0 spiro atoms. The third-order valence-corrected chi connectivity index (χ3v) is 3.16. The van der Waals surface area contributed by atoms with Crippen molar-refractivity contribution in [3.8, 4) is 0 Å². The maximum Gasteiger partial charge on any atom is 0.125 e. The van der Waals surface area contributed by atoms with E-state index in [1.54, 1.807) is 6.20 Å². The highest BCUT2D eigenvalue weighted by Gasteiger charge is 2.00. The highest BCUT2D eigenvalue weighted by Crippen LogP contribution is 2.18. The van der Waals surface area contributed by atoms with E-state index in [4.69, 9.17) is 0 Å². The Morgan fingerprint density at radius 2 is 2.06 bits per heavy atom.